The molecular weight excluding hydrogens is 274 g/mol. The van der Waals surface area contributed by atoms with Crippen molar-refractivity contribution >= 4 is 23.2 Å². The van der Waals surface area contributed by atoms with Gasteiger partial charge in [-0.05, 0) is 26.2 Å². The van der Waals surface area contributed by atoms with Crippen LogP contribution in [-0.4, -0.2) is 40.3 Å². The van der Waals surface area contributed by atoms with Crippen molar-refractivity contribution in [2.24, 2.45) is 0 Å². The summed E-state index contributed by atoms with van der Waals surface area (Å²) in [7, 11) is 0. The number of aromatic nitrogens is 1. The van der Waals surface area contributed by atoms with Crippen LogP contribution in [0.4, 0.5) is 0 Å². The standard InChI is InChI=1S/C14H19N3O2S/c1-9-12(20-8-16-9)4-5-14(19)17-10-2-3-11(17)7-15-13(18)6-10/h8,10-11H,2-7H2,1H3,(H,15,18)/t10-,11+/m1/s1. The highest BCUT2D eigenvalue weighted by atomic mass is 32.1. The number of rotatable bonds is 3. The summed E-state index contributed by atoms with van der Waals surface area (Å²) in [6.45, 7) is 2.59. The topological polar surface area (TPSA) is 62.3 Å². The number of carbonyl (C=O) groups excluding carboxylic acids is 2. The van der Waals surface area contributed by atoms with Crippen LogP contribution in [0.1, 0.15) is 36.3 Å². The lowest BCUT2D eigenvalue weighted by atomic mass is 10.1. The molecule has 0 radical (unpaired) electrons. The summed E-state index contributed by atoms with van der Waals surface area (Å²) in [6, 6.07) is 0.305. The number of thiazole rings is 1. The molecule has 2 atom stereocenters. The molecule has 0 saturated carbocycles. The molecule has 2 fully saturated rings. The summed E-state index contributed by atoms with van der Waals surface area (Å²) >= 11 is 1.61. The first-order chi connectivity index (χ1) is 9.65. The molecular formula is C14H19N3O2S. The molecule has 0 spiro atoms. The summed E-state index contributed by atoms with van der Waals surface area (Å²) in [5.41, 5.74) is 2.85. The van der Waals surface area contributed by atoms with Crippen molar-refractivity contribution in [2.75, 3.05) is 6.54 Å². The molecule has 0 aromatic carbocycles. The molecule has 3 heterocycles. The highest BCUT2D eigenvalue weighted by molar-refractivity contribution is 7.09. The van der Waals surface area contributed by atoms with E-state index < -0.39 is 0 Å². The third kappa shape index (κ3) is 2.57. The van der Waals surface area contributed by atoms with Crippen molar-refractivity contribution in [1.82, 2.24) is 15.2 Å². The third-order valence-electron chi connectivity index (χ3n) is 4.27. The Labute approximate surface area is 122 Å². The van der Waals surface area contributed by atoms with Crippen molar-refractivity contribution < 1.29 is 9.59 Å². The smallest absolute Gasteiger partial charge is 0.223 e. The van der Waals surface area contributed by atoms with Gasteiger partial charge in [0.2, 0.25) is 11.8 Å². The van der Waals surface area contributed by atoms with E-state index in [0.717, 1.165) is 25.0 Å². The van der Waals surface area contributed by atoms with E-state index in [1.54, 1.807) is 11.3 Å². The molecule has 2 aliphatic rings. The normalized spacial score (nSPS) is 25.4. The van der Waals surface area contributed by atoms with Crippen LogP contribution in [0.3, 0.4) is 0 Å². The first-order valence-corrected chi connectivity index (χ1v) is 8.00. The van der Waals surface area contributed by atoms with Crippen molar-refractivity contribution in [1.29, 1.82) is 0 Å². The van der Waals surface area contributed by atoms with Gasteiger partial charge < -0.3 is 10.2 Å². The van der Waals surface area contributed by atoms with Gasteiger partial charge in [0, 0.05) is 36.3 Å². The molecule has 1 aromatic rings. The zero-order valence-corrected chi connectivity index (χ0v) is 12.4. The molecule has 3 rings (SSSR count). The molecule has 20 heavy (non-hydrogen) atoms. The van der Waals surface area contributed by atoms with E-state index in [-0.39, 0.29) is 23.9 Å². The van der Waals surface area contributed by atoms with Crippen LogP contribution >= 0.6 is 11.3 Å². The number of hydrogen-bond acceptors (Lipinski definition) is 4. The fourth-order valence-electron chi connectivity index (χ4n) is 3.20. The maximum atomic E-state index is 12.5. The molecule has 2 amide bonds. The maximum absolute atomic E-state index is 12.5. The molecule has 1 aromatic heterocycles. The SMILES string of the molecule is Cc1ncsc1CCC(=O)N1[C@@H]2CC[C@H]1CNC(=O)C2. The van der Waals surface area contributed by atoms with Gasteiger partial charge in [-0.1, -0.05) is 0 Å². The van der Waals surface area contributed by atoms with Crippen LogP contribution < -0.4 is 5.32 Å². The van der Waals surface area contributed by atoms with Crippen LogP contribution in [0, 0.1) is 6.92 Å². The third-order valence-corrected chi connectivity index (χ3v) is 5.27. The average Bonchev–Trinajstić information content (AvgIpc) is 2.94. The van der Waals surface area contributed by atoms with Crippen molar-refractivity contribution in [3.8, 4) is 0 Å². The highest BCUT2D eigenvalue weighted by Crippen LogP contribution is 2.29. The maximum Gasteiger partial charge on any atom is 0.223 e. The van der Waals surface area contributed by atoms with Gasteiger partial charge in [0.1, 0.15) is 0 Å². The van der Waals surface area contributed by atoms with Gasteiger partial charge in [-0.3, -0.25) is 9.59 Å². The second-order valence-corrected chi connectivity index (χ2v) is 6.49. The van der Waals surface area contributed by atoms with E-state index in [0.29, 0.717) is 19.4 Å². The predicted molar refractivity (Wildman–Crippen MR) is 76.5 cm³/mol. The van der Waals surface area contributed by atoms with Crippen molar-refractivity contribution in [3.63, 3.8) is 0 Å². The van der Waals surface area contributed by atoms with Crippen LogP contribution in [0.5, 0.6) is 0 Å². The number of amides is 2. The van der Waals surface area contributed by atoms with Crippen LogP contribution in [0.25, 0.3) is 0 Å². The number of carbonyl (C=O) groups is 2. The highest BCUT2D eigenvalue weighted by Gasteiger charge is 2.39. The van der Waals surface area contributed by atoms with Gasteiger partial charge >= 0.3 is 0 Å². The molecule has 2 aliphatic heterocycles. The second kappa shape index (κ2) is 5.52. The van der Waals surface area contributed by atoms with Gasteiger partial charge in [0.05, 0.1) is 11.2 Å². The Morgan fingerprint density at radius 3 is 3.05 bits per heavy atom. The van der Waals surface area contributed by atoms with E-state index in [2.05, 4.69) is 10.3 Å². The average molecular weight is 293 g/mol. The van der Waals surface area contributed by atoms with E-state index in [9.17, 15) is 9.59 Å². The summed E-state index contributed by atoms with van der Waals surface area (Å²) in [5, 5.41) is 2.90. The van der Waals surface area contributed by atoms with E-state index in [4.69, 9.17) is 0 Å². The Kier molecular flexibility index (Phi) is 3.74. The van der Waals surface area contributed by atoms with Gasteiger partial charge in [-0.2, -0.15) is 0 Å². The Bertz CT molecular complexity index is 528. The number of nitrogens with zero attached hydrogens (tertiary/aromatic N) is 2. The van der Waals surface area contributed by atoms with Crippen molar-refractivity contribution in [3.05, 3.63) is 16.1 Å². The Morgan fingerprint density at radius 1 is 1.50 bits per heavy atom. The predicted octanol–water partition coefficient (Wildman–Crippen LogP) is 1.26. The summed E-state index contributed by atoms with van der Waals surface area (Å²) in [4.78, 5) is 31.4. The largest absolute Gasteiger partial charge is 0.354 e. The molecule has 2 saturated heterocycles. The summed E-state index contributed by atoms with van der Waals surface area (Å²) in [6.07, 6.45) is 3.71. The Hall–Kier alpha value is -1.43. The fourth-order valence-corrected chi connectivity index (χ4v) is 3.98. The summed E-state index contributed by atoms with van der Waals surface area (Å²) < 4.78 is 0. The molecule has 5 nitrogen and oxygen atoms in total. The van der Waals surface area contributed by atoms with Gasteiger partial charge in [0.25, 0.3) is 0 Å². The van der Waals surface area contributed by atoms with Gasteiger partial charge in [0.15, 0.2) is 0 Å². The molecule has 6 heteroatoms. The molecule has 0 aliphatic carbocycles. The number of hydrogen-bond donors (Lipinski definition) is 1. The minimum Gasteiger partial charge on any atom is -0.354 e. The molecule has 0 unspecified atom stereocenters. The van der Waals surface area contributed by atoms with E-state index >= 15 is 0 Å². The lowest BCUT2D eigenvalue weighted by Gasteiger charge is -2.27. The van der Waals surface area contributed by atoms with Crippen LogP contribution in [-0.2, 0) is 16.0 Å². The van der Waals surface area contributed by atoms with Gasteiger partial charge in [-0.25, -0.2) is 4.98 Å². The minimum atomic E-state index is 0.0771. The monoisotopic (exact) mass is 293 g/mol. The lowest BCUT2D eigenvalue weighted by molar-refractivity contribution is -0.133. The zero-order chi connectivity index (χ0) is 14.1. The first-order valence-electron chi connectivity index (χ1n) is 7.12. The lowest BCUT2D eigenvalue weighted by Crippen LogP contribution is -2.42. The second-order valence-electron chi connectivity index (χ2n) is 5.56. The molecule has 108 valence electrons. The zero-order valence-electron chi connectivity index (χ0n) is 11.6. The Morgan fingerprint density at radius 2 is 2.30 bits per heavy atom. The number of fused-ring (bicyclic) bond motifs is 2. The van der Waals surface area contributed by atoms with Crippen molar-refractivity contribution in [2.45, 2.75) is 51.1 Å². The Balaban J connectivity index is 1.65. The number of nitrogens with one attached hydrogen (secondary N) is 1. The fraction of sp³-hybridized carbons (Fsp3) is 0.643. The molecule has 2 bridgehead atoms. The first kappa shape index (κ1) is 13.5. The number of aryl methyl sites for hydroxylation is 2. The quantitative estimate of drug-likeness (QED) is 0.912. The van der Waals surface area contributed by atoms with Crippen LogP contribution in [0.15, 0.2) is 5.51 Å². The van der Waals surface area contributed by atoms with Crippen LogP contribution in [0.2, 0.25) is 0 Å². The van der Waals surface area contributed by atoms with Gasteiger partial charge in [-0.15, -0.1) is 11.3 Å². The minimum absolute atomic E-state index is 0.0771. The van der Waals surface area contributed by atoms with E-state index in [1.807, 2.05) is 17.3 Å². The summed E-state index contributed by atoms with van der Waals surface area (Å²) in [5.74, 6) is 0.259. The molecule has 1 N–H and O–H groups in total. The van der Waals surface area contributed by atoms with E-state index in [1.165, 1.54) is 4.88 Å².